The van der Waals surface area contributed by atoms with Crippen molar-refractivity contribution in [2.45, 2.75) is 11.8 Å². The number of nitrogens with one attached hydrogen (secondary N) is 2. The highest BCUT2D eigenvalue weighted by atomic mass is 127. The summed E-state index contributed by atoms with van der Waals surface area (Å²) in [5.74, 6) is 0.811. The second-order valence-electron chi connectivity index (χ2n) is 4.89. The second kappa shape index (κ2) is 8.46. The van der Waals surface area contributed by atoms with Crippen LogP contribution in [0.5, 0.6) is 0 Å². The number of halogens is 2. The Kier molecular flexibility index (Phi) is 7.56. The van der Waals surface area contributed by atoms with Gasteiger partial charge in [0.25, 0.3) is 0 Å². The Labute approximate surface area is 157 Å². The first-order valence-corrected chi connectivity index (χ1v) is 8.93. The molecular weight excluding hydrogens is 483 g/mol. The molecule has 22 heavy (non-hydrogen) atoms. The van der Waals surface area contributed by atoms with E-state index < -0.39 is 10.0 Å². The molecule has 1 aromatic rings. The SMILES string of the molecule is Cc1ccc(Br)c(S(=O)(=O)NCCNC2=NCCN2C)c1.I. The van der Waals surface area contributed by atoms with Gasteiger partial charge in [-0.3, -0.25) is 4.99 Å². The van der Waals surface area contributed by atoms with Gasteiger partial charge in [-0.25, -0.2) is 13.1 Å². The third-order valence-corrected chi connectivity index (χ3v) is 5.59. The minimum atomic E-state index is -3.51. The summed E-state index contributed by atoms with van der Waals surface area (Å²) in [6.45, 7) is 4.33. The van der Waals surface area contributed by atoms with Gasteiger partial charge in [0.2, 0.25) is 10.0 Å². The Balaban J connectivity index is 0.00000242. The summed E-state index contributed by atoms with van der Waals surface area (Å²) in [4.78, 5) is 6.55. The monoisotopic (exact) mass is 502 g/mol. The van der Waals surface area contributed by atoms with Crippen LogP contribution in [0, 0.1) is 6.92 Å². The molecule has 1 aliphatic heterocycles. The fourth-order valence-corrected chi connectivity index (χ4v) is 4.06. The van der Waals surface area contributed by atoms with Crippen LogP contribution in [0.1, 0.15) is 5.56 Å². The van der Waals surface area contributed by atoms with E-state index in [-0.39, 0.29) is 28.9 Å². The maximum atomic E-state index is 12.3. The van der Waals surface area contributed by atoms with Crippen LogP contribution in [0.25, 0.3) is 0 Å². The molecule has 0 amide bonds. The molecule has 0 aliphatic carbocycles. The van der Waals surface area contributed by atoms with E-state index in [9.17, 15) is 8.42 Å². The van der Waals surface area contributed by atoms with E-state index in [0.717, 1.165) is 24.6 Å². The quantitative estimate of drug-likeness (QED) is 0.473. The smallest absolute Gasteiger partial charge is 0.241 e. The van der Waals surface area contributed by atoms with Gasteiger partial charge in [-0.15, -0.1) is 24.0 Å². The van der Waals surface area contributed by atoms with Gasteiger partial charge in [-0.1, -0.05) is 6.07 Å². The number of guanidine groups is 1. The molecule has 0 fully saturated rings. The first kappa shape index (κ1) is 19.7. The third kappa shape index (κ3) is 5.07. The third-order valence-electron chi connectivity index (χ3n) is 3.13. The van der Waals surface area contributed by atoms with Crippen molar-refractivity contribution in [1.82, 2.24) is 14.9 Å². The first-order valence-electron chi connectivity index (χ1n) is 6.65. The van der Waals surface area contributed by atoms with Crippen LogP contribution in [0.4, 0.5) is 0 Å². The van der Waals surface area contributed by atoms with Gasteiger partial charge in [-0.2, -0.15) is 0 Å². The number of benzene rings is 1. The van der Waals surface area contributed by atoms with Gasteiger partial charge in [0.05, 0.1) is 11.4 Å². The van der Waals surface area contributed by atoms with Crippen molar-refractivity contribution in [3.63, 3.8) is 0 Å². The zero-order valence-electron chi connectivity index (χ0n) is 12.5. The van der Waals surface area contributed by atoms with Crippen molar-refractivity contribution >= 4 is 55.9 Å². The van der Waals surface area contributed by atoms with Crippen LogP contribution in [0.3, 0.4) is 0 Å². The molecule has 0 spiro atoms. The van der Waals surface area contributed by atoms with E-state index in [2.05, 4.69) is 31.0 Å². The molecule has 124 valence electrons. The number of aliphatic imine (C=N–C) groups is 1. The van der Waals surface area contributed by atoms with Gasteiger partial charge in [0.15, 0.2) is 5.96 Å². The molecule has 6 nitrogen and oxygen atoms in total. The maximum Gasteiger partial charge on any atom is 0.241 e. The van der Waals surface area contributed by atoms with E-state index in [0.29, 0.717) is 17.6 Å². The lowest BCUT2D eigenvalue weighted by Crippen LogP contribution is -2.40. The Bertz CT molecular complexity index is 651. The lowest BCUT2D eigenvalue weighted by molar-refractivity contribution is 0.533. The fourth-order valence-electron chi connectivity index (χ4n) is 1.98. The lowest BCUT2D eigenvalue weighted by Gasteiger charge is -2.15. The minimum Gasteiger partial charge on any atom is -0.355 e. The van der Waals surface area contributed by atoms with Gasteiger partial charge in [0.1, 0.15) is 0 Å². The molecular formula is C13H20BrIN4O2S. The van der Waals surface area contributed by atoms with Crippen LogP contribution < -0.4 is 10.0 Å². The van der Waals surface area contributed by atoms with Crippen molar-refractivity contribution in [3.8, 4) is 0 Å². The molecule has 2 N–H and O–H groups in total. The van der Waals surface area contributed by atoms with Crippen molar-refractivity contribution in [3.05, 3.63) is 28.2 Å². The van der Waals surface area contributed by atoms with E-state index in [4.69, 9.17) is 0 Å². The number of hydrogen-bond acceptors (Lipinski definition) is 5. The summed E-state index contributed by atoms with van der Waals surface area (Å²) in [5, 5.41) is 3.12. The maximum absolute atomic E-state index is 12.3. The average molecular weight is 503 g/mol. The Hall–Kier alpha value is -0.390. The Morgan fingerprint density at radius 1 is 1.36 bits per heavy atom. The molecule has 2 rings (SSSR count). The molecule has 0 unspecified atom stereocenters. The highest BCUT2D eigenvalue weighted by Crippen LogP contribution is 2.22. The summed E-state index contributed by atoms with van der Waals surface area (Å²) in [6, 6.07) is 5.25. The standard InChI is InChI=1S/C13H19BrN4O2S.HI/c1-10-3-4-11(14)12(9-10)21(19,20)17-6-5-15-13-16-7-8-18(13)2;/h3-4,9,17H,5-8H2,1-2H3,(H,15,16);1H. The van der Waals surface area contributed by atoms with Crippen LogP contribution in [0.15, 0.2) is 32.6 Å². The van der Waals surface area contributed by atoms with E-state index >= 15 is 0 Å². The second-order valence-corrected chi connectivity index (χ2v) is 7.48. The van der Waals surface area contributed by atoms with E-state index in [1.54, 1.807) is 12.1 Å². The highest BCUT2D eigenvalue weighted by Gasteiger charge is 2.17. The van der Waals surface area contributed by atoms with Crippen LogP contribution in [0.2, 0.25) is 0 Å². The largest absolute Gasteiger partial charge is 0.355 e. The van der Waals surface area contributed by atoms with Gasteiger partial charge >= 0.3 is 0 Å². The topological polar surface area (TPSA) is 73.8 Å². The summed E-state index contributed by atoms with van der Waals surface area (Å²) < 4.78 is 27.7. The van der Waals surface area contributed by atoms with Crippen molar-refractivity contribution < 1.29 is 8.42 Å². The molecule has 0 saturated heterocycles. The molecule has 0 saturated carbocycles. The van der Waals surface area contributed by atoms with Gasteiger partial charge < -0.3 is 10.2 Å². The number of aryl methyl sites for hydroxylation is 1. The number of rotatable bonds is 5. The van der Waals surface area contributed by atoms with Crippen molar-refractivity contribution in [1.29, 1.82) is 0 Å². The van der Waals surface area contributed by atoms with E-state index in [1.807, 2.05) is 24.9 Å². The minimum absolute atomic E-state index is 0. The Morgan fingerprint density at radius 2 is 2.09 bits per heavy atom. The zero-order valence-corrected chi connectivity index (χ0v) is 17.2. The molecule has 1 heterocycles. The first-order chi connectivity index (χ1) is 9.90. The lowest BCUT2D eigenvalue weighted by atomic mass is 10.2. The van der Waals surface area contributed by atoms with Crippen molar-refractivity contribution in [2.75, 3.05) is 33.2 Å². The number of likely N-dealkylation sites (N-methyl/N-ethyl adjacent to an activating group) is 1. The predicted octanol–water partition coefficient (Wildman–Crippen LogP) is 1.54. The number of sulfonamides is 1. The summed E-state index contributed by atoms with van der Waals surface area (Å²) in [7, 11) is -1.56. The Morgan fingerprint density at radius 3 is 2.73 bits per heavy atom. The van der Waals surface area contributed by atoms with E-state index in [1.165, 1.54) is 0 Å². The van der Waals surface area contributed by atoms with Crippen molar-refractivity contribution in [2.24, 2.45) is 4.99 Å². The molecule has 0 aromatic heterocycles. The molecule has 1 aromatic carbocycles. The fraction of sp³-hybridized carbons (Fsp3) is 0.462. The molecule has 0 bridgehead atoms. The zero-order chi connectivity index (χ0) is 15.5. The molecule has 9 heteroatoms. The van der Waals surface area contributed by atoms with Gasteiger partial charge in [0, 0.05) is 31.2 Å². The highest BCUT2D eigenvalue weighted by molar-refractivity contribution is 14.0. The summed E-state index contributed by atoms with van der Waals surface area (Å²) in [6.07, 6.45) is 0. The van der Waals surface area contributed by atoms with Crippen LogP contribution >= 0.6 is 39.9 Å². The summed E-state index contributed by atoms with van der Waals surface area (Å²) in [5.41, 5.74) is 0.902. The summed E-state index contributed by atoms with van der Waals surface area (Å²) >= 11 is 3.28. The molecule has 0 radical (unpaired) electrons. The number of nitrogens with zero attached hydrogens (tertiary/aromatic N) is 2. The van der Waals surface area contributed by atoms with Crippen LogP contribution in [-0.4, -0.2) is 52.5 Å². The van der Waals surface area contributed by atoms with Gasteiger partial charge in [-0.05, 0) is 40.5 Å². The molecule has 0 atom stereocenters. The normalized spacial score (nSPS) is 14.5. The number of hydrogen-bond donors (Lipinski definition) is 2. The molecule has 1 aliphatic rings. The average Bonchev–Trinajstić information content (AvgIpc) is 2.83. The van der Waals surface area contributed by atoms with Crippen LogP contribution in [-0.2, 0) is 10.0 Å². The predicted molar refractivity (Wildman–Crippen MR) is 102 cm³/mol.